The first-order chi connectivity index (χ1) is 15.3. The maximum absolute atomic E-state index is 10.4. The van der Waals surface area contributed by atoms with Crippen molar-refractivity contribution in [2.75, 3.05) is 38.5 Å². The molecule has 0 unspecified atom stereocenters. The number of quaternary nitrogens is 1. The lowest BCUT2D eigenvalue weighted by molar-refractivity contribution is -0.929. The van der Waals surface area contributed by atoms with Gasteiger partial charge in [0.15, 0.2) is 0 Å². The summed E-state index contributed by atoms with van der Waals surface area (Å²) in [6.45, 7) is 15.5. The summed E-state index contributed by atoms with van der Waals surface area (Å²) in [5, 5.41) is 0. The highest BCUT2D eigenvalue weighted by Gasteiger charge is 2.24. The molecule has 0 amide bonds. The van der Waals surface area contributed by atoms with Crippen molar-refractivity contribution in [2.45, 2.75) is 91.9 Å². The van der Waals surface area contributed by atoms with E-state index in [9.17, 15) is 8.42 Å². The van der Waals surface area contributed by atoms with E-state index in [1.165, 1.54) is 82.0 Å². The van der Waals surface area contributed by atoms with Crippen molar-refractivity contribution in [3.05, 3.63) is 30.3 Å². The molecule has 0 saturated heterocycles. The molecule has 1 rings (SSSR count). The minimum Gasteiger partial charge on any atom is -0.494 e. The SMILES string of the molecule is CCCC[N+](CCCC)(CCCC)CCCC.O=S(=O)(O)CCCCOc1ccccc1. The molecular weight excluding hydrogens is 422 g/mol. The quantitative estimate of drug-likeness (QED) is 0.146. The Labute approximate surface area is 198 Å². The summed E-state index contributed by atoms with van der Waals surface area (Å²) in [6, 6.07) is 9.30. The Morgan fingerprint density at radius 1 is 0.719 bits per heavy atom. The van der Waals surface area contributed by atoms with Crippen molar-refractivity contribution in [1.29, 1.82) is 0 Å². The van der Waals surface area contributed by atoms with Crippen molar-refractivity contribution in [2.24, 2.45) is 0 Å². The number of ether oxygens (including phenoxy) is 1. The van der Waals surface area contributed by atoms with Crippen LogP contribution in [0, 0.1) is 0 Å². The molecule has 32 heavy (non-hydrogen) atoms. The van der Waals surface area contributed by atoms with Gasteiger partial charge in [-0.2, -0.15) is 8.42 Å². The van der Waals surface area contributed by atoms with Gasteiger partial charge in [-0.15, -0.1) is 0 Å². The van der Waals surface area contributed by atoms with Gasteiger partial charge in [-0.25, -0.2) is 0 Å². The monoisotopic (exact) mass is 472 g/mol. The van der Waals surface area contributed by atoms with Crippen LogP contribution in [0.15, 0.2) is 30.3 Å². The first-order valence-corrected chi connectivity index (χ1v) is 14.4. The van der Waals surface area contributed by atoms with E-state index in [-0.39, 0.29) is 5.75 Å². The maximum Gasteiger partial charge on any atom is 0.264 e. The van der Waals surface area contributed by atoms with E-state index < -0.39 is 10.1 Å². The molecule has 188 valence electrons. The van der Waals surface area contributed by atoms with E-state index in [1.807, 2.05) is 30.3 Å². The van der Waals surface area contributed by atoms with Crippen LogP contribution in [-0.4, -0.2) is 56.0 Å². The summed E-state index contributed by atoms with van der Waals surface area (Å²) in [5.41, 5.74) is 0. The maximum atomic E-state index is 10.4. The van der Waals surface area contributed by atoms with Crippen LogP contribution in [0.25, 0.3) is 0 Å². The number of rotatable bonds is 18. The predicted octanol–water partition coefficient (Wildman–Crippen LogP) is 6.74. The molecule has 0 aliphatic heterocycles. The van der Waals surface area contributed by atoms with Gasteiger partial charge in [-0.1, -0.05) is 71.6 Å². The van der Waals surface area contributed by atoms with Gasteiger partial charge in [0.05, 0.1) is 38.5 Å². The van der Waals surface area contributed by atoms with Gasteiger partial charge in [0.1, 0.15) is 5.75 Å². The standard InChI is InChI=1S/C16H36N.C10H14O4S/c1-5-9-13-17(14-10-6-2,15-11-7-3)16-12-8-4;11-15(12,13)9-5-4-8-14-10-6-2-1-3-7-10/h5-16H2,1-4H3;1-3,6-7H,4-5,8-9H2,(H,11,12,13)/q+1;. The lowest BCUT2D eigenvalue weighted by Crippen LogP contribution is -2.50. The second kappa shape index (κ2) is 19.4. The van der Waals surface area contributed by atoms with E-state index in [1.54, 1.807) is 0 Å². The molecule has 5 nitrogen and oxygen atoms in total. The van der Waals surface area contributed by atoms with Gasteiger partial charge in [-0.05, 0) is 50.7 Å². The van der Waals surface area contributed by atoms with Crippen LogP contribution in [0.4, 0.5) is 0 Å². The molecule has 0 aliphatic rings. The van der Waals surface area contributed by atoms with Crippen LogP contribution in [-0.2, 0) is 10.1 Å². The Kier molecular flexibility index (Phi) is 18.7. The third-order valence-electron chi connectivity index (χ3n) is 5.75. The fourth-order valence-corrected chi connectivity index (χ4v) is 4.31. The molecule has 0 spiro atoms. The van der Waals surface area contributed by atoms with Crippen LogP contribution >= 0.6 is 0 Å². The number of hydrogen-bond acceptors (Lipinski definition) is 3. The predicted molar refractivity (Wildman–Crippen MR) is 137 cm³/mol. The van der Waals surface area contributed by atoms with Crippen molar-refractivity contribution in [1.82, 2.24) is 0 Å². The second-order valence-corrected chi connectivity index (χ2v) is 10.4. The minimum absolute atomic E-state index is 0.203. The normalized spacial score (nSPS) is 11.7. The summed E-state index contributed by atoms with van der Waals surface area (Å²) >= 11 is 0. The van der Waals surface area contributed by atoms with Crippen LogP contribution in [0.5, 0.6) is 5.75 Å². The van der Waals surface area contributed by atoms with Crippen molar-refractivity contribution >= 4 is 10.1 Å². The zero-order valence-corrected chi connectivity index (χ0v) is 22.0. The number of unbranched alkanes of at least 4 members (excludes halogenated alkanes) is 5. The fraction of sp³-hybridized carbons (Fsp3) is 0.769. The molecule has 6 heteroatoms. The average Bonchev–Trinajstić information content (AvgIpc) is 2.78. The Morgan fingerprint density at radius 3 is 1.53 bits per heavy atom. The van der Waals surface area contributed by atoms with Crippen LogP contribution < -0.4 is 4.74 Å². The largest absolute Gasteiger partial charge is 0.494 e. The molecule has 1 aromatic carbocycles. The Morgan fingerprint density at radius 2 is 1.16 bits per heavy atom. The Balaban J connectivity index is 0.000000604. The zero-order valence-electron chi connectivity index (χ0n) is 21.2. The minimum atomic E-state index is -3.82. The van der Waals surface area contributed by atoms with Gasteiger partial charge in [0, 0.05) is 0 Å². The van der Waals surface area contributed by atoms with Crippen LogP contribution in [0.2, 0.25) is 0 Å². The lowest BCUT2D eigenvalue weighted by atomic mass is 10.1. The Hall–Kier alpha value is -1.11. The van der Waals surface area contributed by atoms with E-state index in [0.29, 0.717) is 19.4 Å². The number of para-hydroxylation sites is 1. The van der Waals surface area contributed by atoms with Gasteiger partial charge in [0.2, 0.25) is 0 Å². The molecule has 0 heterocycles. The van der Waals surface area contributed by atoms with E-state index in [2.05, 4.69) is 27.7 Å². The van der Waals surface area contributed by atoms with E-state index >= 15 is 0 Å². The van der Waals surface area contributed by atoms with Gasteiger partial charge >= 0.3 is 0 Å². The smallest absolute Gasteiger partial charge is 0.264 e. The summed E-state index contributed by atoms with van der Waals surface area (Å²) in [6.07, 6.45) is 12.1. The molecule has 1 aromatic rings. The third-order valence-corrected chi connectivity index (χ3v) is 6.56. The number of hydrogen-bond donors (Lipinski definition) is 1. The molecule has 0 fully saturated rings. The molecule has 0 aliphatic carbocycles. The van der Waals surface area contributed by atoms with Gasteiger partial charge in [-0.3, -0.25) is 4.55 Å². The lowest BCUT2D eigenvalue weighted by Gasteiger charge is -2.39. The molecule has 0 saturated carbocycles. The molecule has 0 bridgehead atoms. The molecule has 0 atom stereocenters. The number of nitrogens with zero attached hydrogens (tertiary/aromatic N) is 1. The second-order valence-electron chi connectivity index (χ2n) is 8.80. The van der Waals surface area contributed by atoms with Crippen molar-refractivity contribution < 1.29 is 22.2 Å². The molecular formula is C26H50NO4S+. The first-order valence-electron chi connectivity index (χ1n) is 12.8. The first kappa shape index (κ1) is 30.9. The van der Waals surface area contributed by atoms with Gasteiger partial charge in [0.25, 0.3) is 10.1 Å². The highest BCUT2D eigenvalue weighted by molar-refractivity contribution is 7.85. The summed E-state index contributed by atoms with van der Waals surface area (Å²) in [7, 11) is -3.82. The summed E-state index contributed by atoms with van der Waals surface area (Å²) in [5.74, 6) is 0.565. The van der Waals surface area contributed by atoms with Gasteiger partial charge < -0.3 is 9.22 Å². The third kappa shape index (κ3) is 17.4. The summed E-state index contributed by atoms with van der Waals surface area (Å²) in [4.78, 5) is 0. The van der Waals surface area contributed by atoms with Crippen LogP contribution in [0.1, 0.15) is 91.9 Å². The Bertz CT molecular complexity index is 597. The van der Waals surface area contributed by atoms with E-state index in [0.717, 1.165) is 5.75 Å². The average molecular weight is 473 g/mol. The highest BCUT2D eigenvalue weighted by Crippen LogP contribution is 2.16. The fourth-order valence-electron chi connectivity index (χ4n) is 3.74. The van der Waals surface area contributed by atoms with Crippen LogP contribution in [0.3, 0.4) is 0 Å². The zero-order chi connectivity index (χ0) is 24.1. The highest BCUT2D eigenvalue weighted by atomic mass is 32.2. The van der Waals surface area contributed by atoms with Crippen molar-refractivity contribution in [3.8, 4) is 5.75 Å². The number of benzene rings is 1. The molecule has 1 N–H and O–H groups in total. The van der Waals surface area contributed by atoms with E-state index in [4.69, 9.17) is 9.29 Å². The summed E-state index contributed by atoms with van der Waals surface area (Å²) < 4.78 is 36.0. The molecule has 0 radical (unpaired) electrons. The topological polar surface area (TPSA) is 63.6 Å². The van der Waals surface area contributed by atoms with Crippen molar-refractivity contribution in [3.63, 3.8) is 0 Å². The molecule has 0 aromatic heterocycles.